The van der Waals surface area contributed by atoms with Crippen LogP contribution in [-0.2, 0) is 6.42 Å². The second kappa shape index (κ2) is 8.55. The SMILES string of the molecule is NC(=O)c1nc(C2=CCCC=C2)n(-c2cccc(CCC3CCCCC3)c2)n1. The van der Waals surface area contributed by atoms with Crippen molar-refractivity contribution in [2.75, 3.05) is 0 Å². The summed E-state index contributed by atoms with van der Waals surface area (Å²) in [6.45, 7) is 0. The van der Waals surface area contributed by atoms with Crippen molar-refractivity contribution < 1.29 is 4.79 Å². The summed E-state index contributed by atoms with van der Waals surface area (Å²) in [5.74, 6) is 0.990. The van der Waals surface area contributed by atoms with Gasteiger partial charge in [0.2, 0.25) is 5.82 Å². The van der Waals surface area contributed by atoms with Crippen LogP contribution in [0, 0.1) is 5.92 Å². The molecule has 1 aromatic heterocycles. The maximum atomic E-state index is 11.7. The van der Waals surface area contributed by atoms with Crippen molar-refractivity contribution in [3.05, 3.63) is 59.7 Å². The first-order valence-electron chi connectivity index (χ1n) is 10.4. The molecule has 1 fully saturated rings. The Morgan fingerprint density at radius 1 is 1.18 bits per heavy atom. The number of primary amides is 1. The van der Waals surface area contributed by atoms with Crippen LogP contribution in [0.25, 0.3) is 11.3 Å². The van der Waals surface area contributed by atoms with Gasteiger partial charge < -0.3 is 5.73 Å². The Morgan fingerprint density at radius 2 is 2.04 bits per heavy atom. The Bertz CT molecular complexity index is 903. The van der Waals surface area contributed by atoms with Gasteiger partial charge in [-0.2, -0.15) is 0 Å². The smallest absolute Gasteiger partial charge is 0.288 e. The third kappa shape index (κ3) is 4.24. The third-order valence-electron chi connectivity index (χ3n) is 5.80. The summed E-state index contributed by atoms with van der Waals surface area (Å²) >= 11 is 0. The Kier molecular flexibility index (Phi) is 5.70. The summed E-state index contributed by atoms with van der Waals surface area (Å²) in [7, 11) is 0. The van der Waals surface area contributed by atoms with Crippen molar-refractivity contribution in [1.29, 1.82) is 0 Å². The summed E-state index contributed by atoms with van der Waals surface area (Å²) < 4.78 is 1.76. The van der Waals surface area contributed by atoms with E-state index in [2.05, 4.69) is 40.4 Å². The Morgan fingerprint density at radius 3 is 2.79 bits per heavy atom. The average Bonchev–Trinajstić information content (AvgIpc) is 3.20. The molecular formula is C23H28N4O. The number of hydrogen-bond acceptors (Lipinski definition) is 3. The molecule has 0 bridgehead atoms. The van der Waals surface area contributed by atoms with E-state index < -0.39 is 5.91 Å². The van der Waals surface area contributed by atoms with E-state index in [1.54, 1.807) is 4.68 Å². The van der Waals surface area contributed by atoms with Crippen LogP contribution < -0.4 is 5.73 Å². The Hall–Kier alpha value is -2.69. The highest BCUT2D eigenvalue weighted by atomic mass is 16.1. The summed E-state index contributed by atoms with van der Waals surface area (Å²) in [4.78, 5) is 16.1. The van der Waals surface area contributed by atoms with Gasteiger partial charge in [0.25, 0.3) is 5.91 Å². The molecule has 5 nitrogen and oxygen atoms in total. The lowest BCUT2D eigenvalue weighted by Gasteiger charge is -2.21. The van der Waals surface area contributed by atoms with Gasteiger partial charge in [-0.25, -0.2) is 9.67 Å². The zero-order valence-corrected chi connectivity index (χ0v) is 16.3. The predicted molar refractivity (Wildman–Crippen MR) is 111 cm³/mol. The lowest BCUT2D eigenvalue weighted by atomic mass is 9.85. The van der Waals surface area contributed by atoms with E-state index >= 15 is 0 Å². The topological polar surface area (TPSA) is 73.8 Å². The van der Waals surface area contributed by atoms with Crippen LogP contribution in [0.3, 0.4) is 0 Å². The fraction of sp³-hybridized carbons (Fsp3) is 0.435. The summed E-state index contributed by atoms with van der Waals surface area (Å²) in [6.07, 6.45) is 17.5. The van der Waals surface area contributed by atoms with E-state index in [9.17, 15) is 4.79 Å². The molecular weight excluding hydrogens is 348 g/mol. The Balaban J connectivity index is 1.60. The van der Waals surface area contributed by atoms with Gasteiger partial charge in [-0.1, -0.05) is 62.5 Å². The van der Waals surface area contributed by atoms with E-state index in [4.69, 9.17) is 5.73 Å². The number of aromatic nitrogens is 3. The average molecular weight is 377 g/mol. The lowest BCUT2D eigenvalue weighted by molar-refractivity contribution is 0.0990. The molecule has 0 saturated heterocycles. The van der Waals surface area contributed by atoms with E-state index in [1.165, 1.54) is 44.1 Å². The second-order valence-electron chi connectivity index (χ2n) is 7.89. The molecule has 0 spiro atoms. The van der Waals surface area contributed by atoms with Crippen molar-refractivity contribution in [2.45, 2.75) is 57.8 Å². The molecule has 0 aliphatic heterocycles. The van der Waals surface area contributed by atoms with Crippen LogP contribution >= 0.6 is 0 Å². The number of rotatable bonds is 6. The van der Waals surface area contributed by atoms with Crippen molar-refractivity contribution in [3.63, 3.8) is 0 Å². The van der Waals surface area contributed by atoms with Crippen LogP contribution in [0.4, 0.5) is 0 Å². The van der Waals surface area contributed by atoms with Crippen LogP contribution in [-0.4, -0.2) is 20.7 Å². The van der Waals surface area contributed by atoms with Gasteiger partial charge in [0.05, 0.1) is 5.69 Å². The number of allylic oxidation sites excluding steroid dienone is 4. The molecule has 4 rings (SSSR count). The van der Waals surface area contributed by atoms with Gasteiger partial charge >= 0.3 is 0 Å². The molecule has 146 valence electrons. The van der Waals surface area contributed by atoms with Gasteiger partial charge in [-0.15, -0.1) is 5.10 Å². The summed E-state index contributed by atoms with van der Waals surface area (Å²) in [5.41, 5.74) is 8.66. The Labute approximate surface area is 166 Å². The number of nitrogens with two attached hydrogens (primary N) is 1. The van der Waals surface area contributed by atoms with Gasteiger partial charge in [-0.3, -0.25) is 4.79 Å². The molecule has 2 aromatic rings. The molecule has 2 aliphatic rings. The number of amides is 1. The summed E-state index contributed by atoms with van der Waals surface area (Å²) in [5, 5.41) is 4.40. The van der Waals surface area contributed by atoms with Crippen molar-refractivity contribution >= 4 is 11.5 Å². The van der Waals surface area contributed by atoms with Crippen molar-refractivity contribution in [1.82, 2.24) is 14.8 Å². The first-order valence-corrected chi connectivity index (χ1v) is 10.4. The lowest BCUT2D eigenvalue weighted by Crippen LogP contribution is -2.13. The summed E-state index contributed by atoms with van der Waals surface area (Å²) in [6, 6.07) is 8.42. The fourth-order valence-corrected chi connectivity index (χ4v) is 4.25. The van der Waals surface area contributed by atoms with Crippen LogP contribution in [0.15, 0.2) is 42.5 Å². The molecule has 1 heterocycles. The monoisotopic (exact) mass is 376 g/mol. The molecule has 1 saturated carbocycles. The molecule has 1 amide bonds. The molecule has 28 heavy (non-hydrogen) atoms. The maximum absolute atomic E-state index is 11.7. The number of carbonyl (C=O) groups is 1. The number of nitrogens with zero attached hydrogens (tertiary/aromatic N) is 3. The minimum absolute atomic E-state index is 0.0579. The van der Waals surface area contributed by atoms with Crippen LogP contribution in [0.5, 0.6) is 0 Å². The number of aryl methyl sites for hydroxylation is 1. The molecule has 0 unspecified atom stereocenters. The van der Waals surface area contributed by atoms with Gasteiger partial charge in [0.1, 0.15) is 0 Å². The quantitative estimate of drug-likeness (QED) is 0.800. The highest BCUT2D eigenvalue weighted by molar-refractivity contribution is 5.89. The third-order valence-corrected chi connectivity index (χ3v) is 5.80. The molecule has 1 aromatic carbocycles. The number of hydrogen-bond donors (Lipinski definition) is 1. The minimum Gasteiger partial charge on any atom is -0.363 e. The number of carbonyl (C=O) groups excluding carboxylic acids is 1. The van der Waals surface area contributed by atoms with E-state index in [1.807, 2.05) is 12.1 Å². The zero-order chi connectivity index (χ0) is 19.3. The van der Waals surface area contributed by atoms with E-state index in [0.29, 0.717) is 5.82 Å². The first kappa shape index (κ1) is 18.7. The van der Waals surface area contributed by atoms with E-state index in [0.717, 1.165) is 36.4 Å². The predicted octanol–water partition coefficient (Wildman–Crippen LogP) is 4.61. The van der Waals surface area contributed by atoms with Crippen molar-refractivity contribution in [2.24, 2.45) is 11.7 Å². The van der Waals surface area contributed by atoms with Gasteiger partial charge in [-0.05, 0) is 49.3 Å². The molecule has 0 radical (unpaired) electrons. The first-order chi connectivity index (χ1) is 13.7. The van der Waals surface area contributed by atoms with E-state index in [-0.39, 0.29) is 5.82 Å². The largest absolute Gasteiger partial charge is 0.363 e. The standard InChI is InChI=1S/C23H28N4O/c24-21(28)22-25-23(19-11-5-2-6-12-19)27(26-22)20-13-7-10-18(16-20)15-14-17-8-3-1-4-9-17/h5,7,10-13,16-17H,1-4,6,8-9,14-15H2,(H2,24,28). The normalized spacial score (nSPS) is 17.5. The second-order valence-corrected chi connectivity index (χ2v) is 7.89. The molecule has 2 N–H and O–H groups in total. The van der Waals surface area contributed by atoms with Crippen LogP contribution in [0.2, 0.25) is 0 Å². The fourth-order valence-electron chi connectivity index (χ4n) is 4.25. The maximum Gasteiger partial charge on any atom is 0.288 e. The molecule has 0 atom stereocenters. The van der Waals surface area contributed by atoms with Gasteiger partial charge in [0.15, 0.2) is 5.82 Å². The van der Waals surface area contributed by atoms with Crippen LogP contribution in [0.1, 0.15) is 73.4 Å². The zero-order valence-electron chi connectivity index (χ0n) is 16.3. The van der Waals surface area contributed by atoms with Crippen molar-refractivity contribution in [3.8, 4) is 5.69 Å². The van der Waals surface area contributed by atoms with Gasteiger partial charge in [0, 0.05) is 5.57 Å². The highest BCUT2D eigenvalue weighted by Crippen LogP contribution is 2.28. The highest BCUT2D eigenvalue weighted by Gasteiger charge is 2.18. The molecule has 2 aliphatic carbocycles. The molecule has 5 heteroatoms. The minimum atomic E-state index is -0.603. The number of benzene rings is 1.